The van der Waals surface area contributed by atoms with Gasteiger partial charge in [0.1, 0.15) is 18.8 Å². The van der Waals surface area contributed by atoms with Crippen LogP contribution in [0.1, 0.15) is 31.4 Å². The summed E-state index contributed by atoms with van der Waals surface area (Å²) in [5, 5.41) is 28.0. The Morgan fingerprint density at radius 3 is 2.66 bits per heavy atom. The second-order valence-corrected chi connectivity index (χ2v) is 12.5. The van der Waals surface area contributed by atoms with E-state index in [9.17, 15) is 24.6 Å². The van der Waals surface area contributed by atoms with Gasteiger partial charge in [-0.25, -0.2) is 9.78 Å². The van der Waals surface area contributed by atoms with Crippen LogP contribution in [0.2, 0.25) is 0 Å². The number of rotatable bonds is 8. The molecule has 0 aromatic carbocycles. The van der Waals surface area contributed by atoms with Gasteiger partial charge in [-0.15, -0.1) is 11.3 Å². The number of oxime groups is 1. The van der Waals surface area contributed by atoms with E-state index in [2.05, 4.69) is 22.5 Å². The Hall–Kier alpha value is -2.74. The van der Waals surface area contributed by atoms with Crippen molar-refractivity contribution in [3.8, 4) is 0 Å². The first-order chi connectivity index (χ1) is 18.1. The summed E-state index contributed by atoms with van der Waals surface area (Å²) in [7, 11) is 3.52. The van der Waals surface area contributed by atoms with Crippen molar-refractivity contribution in [3.05, 3.63) is 34.4 Å². The maximum absolute atomic E-state index is 13.1. The van der Waals surface area contributed by atoms with Gasteiger partial charge in [-0.05, 0) is 11.6 Å². The van der Waals surface area contributed by atoms with Crippen molar-refractivity contribution in [2.24, 2.45) is 11.1 Å². The molecule has 0 radical (unpaired) electrons. The first-order valence-corrected chi connectivity index (χ1v) is 14.5. The molecule has 3 aliphatic heterocycles. The number of thiazole rings is 1. The Labute approximate surface area is 228 Å². The first kappa shape index (κ1) is 26.9. The van der Waals surface area contributed by atoms with Crippen LogP contribution in [0.4, 0.5) is 5.13 Å². The molecule has 4 aliphatic rings. The molecule has 13 heteroatoms. The lowest BCUT2D eigenvalue weighted by molar-refractivity contribution is -0.944. The van der Waals surface area contributed by atoms with Crippen LogP contribution in [0.15, 0.2) is 33.8 Å². The fourth-order valence-electron chi connectivity index (χ4n) is 6.45. The van der Waals surface area contributed by atoms with Crippen LogP contribution in [0.25, 0.3) is 0 Å². The number of likely N-dealkylation sites (N-methyl/N-ethyl adjacent to an activating group) is 1. The number of Topliss-reactive ketones (excluding diaryl/α,β-unsaturated/α-hetero) is 1. The predicted octanol–water partition coefficient (Wildman–Crippen LogP) is 0.945. The zero-order chi connectivity index (χ0) is 27.2. The number of hydrogen-bond donors (Lipinski definition) is 4. The third kappa shape index (κ3) is 4.65. The van der Waals surface area contributed by atoms with Crippen LogP contribution in [0.5, 0.6) is 0 Å². The van der Waals surface area contributed by atoms with Crippen molar-refractivity contribution >= 4 is 51.6 Å². The number of nitrogen functional groups attached to an aromatic ring is 1. The van der Waals surface area contributed by atoms with Crippen LogP contribution in [-0.4, -0.2) is 99.0 Å². The smallest absolute Gasteiger partial charge is 0.332 e. The van der Waals surface area contributed by atoms with Crippen LogP contribution in [0.3, 0.4) is 0 Å². The quantitative estimate of drug-likeness (QED) is 0.205. The fourth-order valence-corrected chi connectivity index (χ4v) is 8.48. The number of anilines is 1. The van der Waals surface area contributed by atoms with Crippen molar-refractivity contribution in [2.75, 3.05) is 32.2 Å². The van der Waals surface area contributed by atoms with E-state index >= 15 is 0 Å². The third-order valence-electron chi connectivity index (χ3n) is 8.45. The van der Waals surface area contributed by atoms with E-state index in [1.165, 1.54) is 18.9 Å². The molecule has 204 valence electrons. The molecule has 1 amide bonds. The van der Waals surface area contributed by atoms with Crippen LogP contribution in [0, 0.1) is 5.92 Å². The van der Waals surface area contributed by atoms with Crippen LogP contribution >= 0.6 is 23.1 Å². The highest BCUT2D eigenvalue weighted by Gasteiger charge is 2.56. The van der Waals surface area contributed by atoms with E-state index in [1.54, 1.807) is 5.38 Å². The molecular formula is C25H32N5O6S2+. The highest BCUT2D eigenvalue weighted by molar-refractivity contribution is 8.00. The Morgan fingerprint density at radius 2 is 2.05 bits per heavy atom. The molecule has 3 unspecified atom stereocenters. The molecule has 11 nitrogen and oxygen atoms in total. The number of hydrogen-bond acceptors (Lipinski definition) is 10. The second kappa shape index (κ2) is 10.4. The second-order valence-electron chi connectivity index (χ2n) is 10.5. The summed E-state index contributed by atoms with van der Waals surface area (Å²) in [6.07, 6.45) is 7.46. The Balaban J connectivity index is 1.29. The van der Waals surface area contributed by atoms with Crippen molar-refractivity contribution in [1.29, 1.82) is 0 Å². The molecule has 1 aromatic rings. The first-order valence-electron chi connectivity index (χ1n) is 12.6. The van der Waals surface area contributed by atoms with Crippen LogP contribution < -0.4 is 11.1 Å². The molecule has 2 bridgehead atoms. The number of nitrogens with zero attached hydrogens (tertiary/aromatic N) is 3. The number of amides is 1. The average molecular weight is 563 g/mol. The third-order valence-corrected chi connectivity index (χ3v) is 10.5. The summed E-state index contributed by atoms with van der Waals surface area (Å²) >= 11 is 2.61. The number of piperidine rings is 1. The number of nitrogens with one attached hydrogen (secondary N) is 1. The van der Waals surface area contributed by atoms with E-state index < -0.39 is 23.8 Å². The average Bonchev–Trinajstić information content (AvgIpc) is 3.35. The maximum Gasteiger partial charge on any atom is 0.332 e. The molecule has 5 rings (SSSR count). The van der Waals surface area contributed by atoms with Crippen molar-refractivity contribution in [3.63, 3.8) is 0 Å². The molecular weight excluding hydrogens is 530 g/mol. The number of carbonyl (C=O) groups is 3. The van der Waals surface area contributed by atoms with Crippen molar-refractivity contribution in [2.45, 2.75) is 55.2 Å². The minimum atomic E-state index is -1.11. The van der Waals surface area contributed by atoms with Gasteiger partial charge in [-0.2, -0.15) is 11.8 Å². The lowest BCUT2D eigenvalue weighted by Crippen LogP contribution is -2.65. The SMILES string of the molecule is CO/N=C(\C(=O)N[C@@H]1C(=O)C2C(C(=O)O)=C(/C=C/C[N+]3(C)[C@@H]4CC[C@H]3CC(O)C4)CS[C@@H]21)c1csc(N)n1. The van der Waals surface area contributed by atoms with Gasteiger partial charge in [0.05, 0.1) is 43.3 Å². The zero-order valence-corrected chi connectivity index (χ0v) is 22.8. The number of carboxylic acid groups (broad SMARTS) is 1. The Morgan fingerprint density at radius 1 is 1.34 bits per heavy atom. The number of aliphatic hydroxyl groups is 1. The van der Waals surface area contributed by atoms with Gasteiger partial charge in [0.2, 0.25) is 0 Å². The molecule has 2 saturated heterocycles. The van der Waals surface area contributed by atoms with E-state index in [-0.39, 0.29) is 39.2 Å². The number of ketones is 1. The number of carboxylic acids is 1. The number of aliphatic hydroxyl groups excluding tert-OH is 1. The molecule has 38 heavy (non-hydrogen) atoms. The van der Waals surface area contributed by atoms with Crippen LogP contribution in [-0.2, 0) is 19.2 Å². The monoisotopic (exact) mass is 562 g/mol. The molecule has 1 aliphatic carbocycles. The summed E-state index contributed by atoms with van der Waals surface area (Å²) in [6, 6.07) is -0.0113. The number of aliphatic carboxylic acids is 1. The van der Waals surface area contributed by atoms with Gasteiger partial charge >= 0.3 is 5.97 Å². The molecule has 3 fully saturated rings. The lowest BCUT2D eigenvalue weighted by Gasteiger charge is -2.46. The Bertz CT molecular complexity index is 1230. The van der Waals surface area contributed by atoms with E-state index in [4.69, 9.17) is 10.6 Å². The maximum atomic E-state index is 13.1. The van der Waals surface area contributed by atoms with E-state index in [0.717, 1.165) is 48.0 Å². The highest BCUT2D eigenvalue weighted by atomic mass is 32.2. The molecule has 4 heterocycles. The van der Waals surface area contributed by atoms with Gasteiger partial charge < -0.3 is 30.6 Å². The number of nitrogens with two attached hydrogens (primary N) is 1. The number of fused-ring (bicyclic) bond motifs is 3. The normalized spacial score (nSPS) is 34.7. The van der Waals surface area contributed by atoms with E-state index in [1.807, 2.05) is 12.2 Å². The topological polar surface area (TPSA) is 164 Å². The molecule has 1 aromatic heterocycles. The van der Waals surface area contributed by atoms with Crippen molar-refractivity contribution in [1.82, 2.24) is 10.3 Å². The predicted molar refractivity (Wildman–Crippen MR) is 144 cm³/mol. The largest absolute Gasteiger partial charge is 0.478 e. The number of thioether (sulfide) groups is 1. The fraction of sp³-hybridized carbons (Fsp3) is 0.560. The summed E-state index contributed by atoms with van der Waals surface area (Å²) in [4.78, 5) is 47.2. The number of quaternary nitrogens is 1. The standard InChI is InChI=1S/C25H31N5O6S2/c1-30(13-5-6-14(30)9-15(31)8-13)7-3-4-12-10-37-22-18(17(12)24(34)35)21(32)20(22)28-23(33)19(29-36-2)16-11-38-25(26)27-16/h3-4,11,13-15,18,20,22,31H,5-10H2,1-2H3,(H3-,26,27,28,33,34,35)/p+1/b4-3+,29-19-/t13-,14+,15?,18?,20-,22+,30?/m1/s1. The number of allylic oxidation sites excluding steroid dienone is 1. The number of aromatic nitrogens is 1. The number of carbonyl (C=O) groups excluding carboxylic acids is 2. The molecule has 0 spiro atoms. The van der Waals surface area contributed by atoms with Crippen molar-refractivity contribution < 1.29 is 33.9 Å². The summed E-state index contributed by atoms with van der Waals surface area (Å²) in [5.74, 6) is -2.45. The van der Waals surface area contributed by atoms with Gasteiger partial charge in [-0.1, -0.05) is 11.2 Å². The van der Waals surface area contributed by atoms with Gasteiger partial charge in [0, 0.05) is 42.1 Å². The molecule has 1 saturated carbocycles. The van der Waals surface area contributed by atoms with Gasteiger partial charge in [-0.3, -0.25) is 9.59 Å². The minimum absolute atomic E-state index is 0.106. The summed E-state index contributed by atoms with van der Waals surface area (Å²) in [5.41, 5.74) is 6.54. The highest BCUT2D eigenvalue weighted by Crippen LogP contribution is 2.46. The molecule has 7 atom stereocenters. The lowest BCUT2D eigenvalue weighted by atomic mass is 9.71. The molecule has 5 N–H and O–H groups in total. The van der Waals surface area contributed by atoms with Gasteiger partial charge in [0.15, 0.2) is 16.6 Å². The summed E-state index contributed by atoms with van der Waals surface area (Å²) < 4.78 is 0.867. The van der Waals surface area contributed by atoms with E-state index in [0.29, 0.717) is 23.4 Å². The minimum Gasteiger partial charge on any atom is -0.478 e. The Kier molecular flexibility index (Phi) is 7.37. The zero-order valence-electron chi connectivity index (χ0n) is 21.2. The summed E-state index contributed by atoms with van der Waals surface area (Å²) in [6.45, 7) is 0.757. The van der Waals surface area contributed by atoms with Gasteiger partial charge in [0.25, 0.3) is 5.91 Å².